The van der Waals surface area contributed by atoms with Gasteiger partial charge in [0.15, 0.2) is 5.13 Å². The van der Waals surface area contributed by atoms with Crippen LogP contribution in [0.3, 0.4) is 0 Å². The number of aryl methyl sites for hydroxylation is 2. The summed E-state index contributed by atoms with van der Waals surface area (Å²) in [4.78, 5) is 20.6. The van der Waals surface area contributed by atoms with Crippen molar-refractivity contribution in [3.8, 4) is 11.3 Å². The van der Waals surface area contributed by atoms with Gasteiger partial charge >= 0.3 is 0 Å². The van der Waals surface area contributed by atoms with E-state index in [9.17, 15) is 4.79 Å². The second kappa shape index (κ2) is 10.6. The fourth-order valence-corrected chi connectivity index (χ4v) is 4.82. The zero-order chi connectivity index (χ0) is 22.4. The van der Waals surface area contributed by atoms with E-state index in [2.05, 4.69) is 80.4 Å². The van der Waals surface area contributed by atoms with Crippen LogP contribution in [-0.2, 0) is 17.8 Å². The van der Waals surface area contributed by atoms with Crippen molar-refractivity contribution in [2.24, 2.45) is 5.92 Å². The molecule has 2 aromatic carbocycles. The summed E-state index contributed by atoms with van der Waals surface area (Å²) in [6.45, 7) is 10.2. The number of hydrogen-bond donors (Lipinski definition) is 1. The molecule has 0 radical (unpaired) electrons. The van der Waals surface area contributed by atoms with Crippen molar-refractivity contribution in [2.75, 3.05) is 18.5 Å². The second-order valence-corrected chi connectivity index (χ2v) is 9.56. The maximum absolute atomic E-state index is 12.0. The van der Waals surface area contributed by atoms with E-state index < -0.39 is 0 Å². The molecule has 0 bridgehead atoms. The molecule has 0 saturated carbocycles. The zero-order valence-corrected chi connectivity index (χ0v) is 20.1. The van der Waals surface area contributed by atoms with Crippen molar-refractivity contribution in [2.45, 2.75) is 47.1 Å². The van der Waals surface area contributed by atoms with Crippen molar-refractivity contribution in [1.82, 2.24) is 10.3 Å². The summed E-state index contributed by atoms with van der Waals surface area (Å²) in [5.41, 5.74) is 6.04. The molecule has 1 aromatic heterocycles. The summed E-state index contributed by atoms with van der Waals surface area (Å²) in [7, 11) is 1.69. The summed E-state index contributed by atoms with van der Waals surface area (Å²) < 4.78 is 0. The van der Waals surface area contributed by atoms with Gasteiger partial charge in [-0.3, -0.25) is 4.79 Å². The molecule has 5 heteroatoms. The average Bonchev–Trinajstić information content (AvgIpc) is 3.16. The number of anilines is 1. The summed E-state index contributed by atoms with van der Waals surface area (Å²) >= 11 is 1.76. The second-order valence-electron chi connectivity index (χ2n) is 8.50. The first-order valence-corrected chi connectivity index (χ1v) is 11.8. The average molecular weight is 436 g/mol. The lowest BCUT2D eigenvalue weighted by atomic mass is 10.0. The van der Waals surface area contributed by atoms with E-state index in [-0.39, 0.29) is 5.91 Å². The third kappa shape index (κ3) is 6.17. The normalized spacial score (nSPS) is 11.0. The summed E-state index contributed by atoms with van der Waals surface area (Å²) in [5, 5.41) is 3.72. The molecule has 31 heavy (non-hydrogen) atoms. The predicted molar refractivity (Wildman–Crippen MR) is 132 cm³/mol. The first-order chi connectivity index (χ1) is 14.9. The number of aromatic nitrogens is 1. The Kier molecular flexibility index (Phi) is 7.85. The van der Waals surface area contributed by atoms with E-state index in [4.69, 9.17) is 4.98 Å². The van der Waals surface area contributed by atoms with Gasteiger partial charge in [0.25, 0.3) is 0 Å². The third-order valence-electron chi connectivity index (χ3n) is 5.43. The lowest BCUT2D eigenvalue weighted by molar-refractivity contribution is -0.120. The van der Waals surface area contributed by atoms with Crippen LogP contribution in [-0.4, -0.2) is 24.5 Å². The number of rotatable bonds is 9. The molecule has 0 aliphatic rings. The van der Waals surface area contributed by atoms with Crippen LogP contribution in [0.4, 0.5) is 5.13 Å². The molecule has 164 valence electrons. The highest BCUT2D eigenvalue weighted by atomic mass is 32.1. The van der Waals surface area contributed by atoms with Gasteiger partial charge in [0.05, 0.1) is 5.69 Å². The number of nitrogens with one attached hydrogen (secondary N) is 1. The lowest BCUT2D eigenvalue weighted by Crippen LogP contribution is -2.29. The van der Waals surface area contributed by atoms with Crippen molar-refractivity contribution in [1.29, 1.82) is 0 Å². The molecule has 0 fully saturated rings. The van der Waals surface area contributed by atoms with Gasteiger partial charge in [0.2, 0.25) is 5.91 Å². The van der Waals surface area contributed by atoms with Crippen LogP contribution in [0.25, 0.3) is 11.3 Å². The summed E-state index contributed by atoms with van der Waals surface area (Å²) in [6.07, 6.45) is 1.44. The van der Waals surface area contributed by atoms with Gasteiger partial charge in [-0.25, -0.2) is 4.98 Å². The number of amides is 1. The van der Waals surface area contributed by atoms with Gasteiger partial charge in [-0.1, -0.05) is 56.3 Å². The highest BCUT2D eigenvalue weighted by Crippen LogP contribution is 2.36. The number of carbonyl (C=O) groups excluding carboxylic acids is 1. The van der Waals surface area contributed by atoms with E-state index >= 15 is 0 Å². The first-order valence-electron chi connectivity index (χ1n) is 10.9. The standard InChI is InChI=1S/C26H33N3OS/c1-18(2)15-23-25(22-12-11-19(3)20(4)16-22)28-26(31-23)29(14-13-24(30)27-5)17-21-9-7-6-8-10-21/h6-12,16,18H,13-15,17H2,1-5H3,(H,27,30). The van der Waals surface area contributed by atoms with E-state index in [1.165, 1.54) is 27.1 Å². The fraction of sp³-hybridized carbons (Fsp3) is 0.385. The van der Waals surface area contributed by atoms with Crippen LogP contribution in [0.15, 0.2) is 48.5 Å². The van der Waals surface area contributed by atoms with Crippen molar-refractivity contribution in [3.05, 3.63) is 70.1 Å². The maximum Gasteiger partial charge on any atom is 0.221 e. The molecule has 0 aliphatic heterocycles. The monoisotopic (exact) mass is 435 g/mol. The SMILES string of the molecule is CNC(=O)CCN(Cc1ccccc1)c1nc(-c2ccc(C)c(C)c2)c(CC(C)C)s1. The Hall–Kier alpha value is -2.66. The Morgan fingerprint density at radius 2 is 1.84 bits per heavy atom. The Balaban J connectivity index is 1.99. The van der Waals surface area contributed by atoms with Crippen LogP contribution in [0.2, 0.25) is 0 Å². The third-order valence-corrected chi connectivity index (χ3v) is 6.57. The predicted octanol–water partition coefficient (Wildman–Crippen LogP) is 5.77. The summed E-state index contributed by atoms with van der Waals surface area (Å²) in [5.74, 6) is 0.596. The van der Waals surface area contributed by atoms with Gasteiger partial charge in [0.1, 0.15) is 0 Å². The van der Waals surface area contributed by atoms with Crippen LogP contribution < -0.4 is 10.2 Å². The smallest absolute Gasteiger partial charge is 0.221 e. The Labute approximate surface area is 190 Å². The van der Waals surface area contributed by atoms with Crippen LogP contribution in [0.1, 0.15) is 41.8 Å². The van der Waals surface area contributed by atoms with Crippen molar-refractivity contribution >= 4 is 22.4 Å². The molecule has 4 nitrogen and oxygen atoms in total. The number of thiazole rings is 1. The molecular formula is C26H33N3OS. The topological polar surface area (TPSA) is 45.2 Å². The molecule has 1 N–H and O–H groups in total. The molecule has 0 atom stereocenters. The minimum absolute atomic E-state index is 0.0476. The quantitative estimate of drug-likeness (QED) is 0.464. The van der Waals surface area contributed by atoms with E-state index in [0.717, 1.165) is 23.8 Å². The molecular weight excluding hydrogens is 402 g/mol. The van der Waals surface area contributed by atoms with E-state index in [0.29, 0.717) is 18.9 Å². The van der Waals surface area contributed by atoms with Crippen molar-refractivity contribution in [3.63, 3.8) is 0 Å². The minimum atomic E-state index is 0.0476. The van der Waals surface area contributed by atoms with E-state index in [1.807, 2.05) is 6.07 Å². The van der Waals surface area contributed by atoms with Crippen molar-refractivity contribution < 1.29 is 4.79 Å². The zero-order valence-electron chi connectivity index (χ0n) is 19.2. The van der Waals surface area contributed by atoms with Crippen LogP contribution >= 0.6 is 11.3 Å². The number of carbonyl (C=O) groups is 1. The molecule has 3 aromatic rings. The number of benzene rings is 2. The number of nitrogens with zero attached hydrogens (tertiary/aromatic N) is 2. The van der Waals surface area contributed by atoms with Gasteiger partial charge < -0.3 is 10.2 Å². The van der Waals surface area contributed by atoms with Crippen LogP contribution in [0, 0.1) is 19.8 Å². The van der Waals surface area contributed by atoms with Gasteiger partial charge in [-0.15, -0.1) is 11.3 Å². The summed E-state index contributed by atoms with van der Waals surface area (Å²) in [6, 6.07) is 17.0. The molecule has 0 unspecified atom stereocenters. The fourth-order valence-electron chi connectivity index (χ4n) is 3.51. The molecule has 1 heterocycles. The molecule has 0 saturated heterocycles. The Bertz CT molecular complexity index is 1010. The molecule has 0 spiro atoms. The van der Waals surface area contributed by atoms with Gasteiger partial charge in [-0.05, 0) is 48.9 Å². The molecule has 3 rings (SSSR count). The van der Waals surface area contributed by atoms with Crippen LogP contribution in [0.5, 0.6) is 0 Å². The maximum atomic E-state index is 12.0. The lowest BCUT2D eigenvalue weighted by Gasteiger charge is -2.21. The Morgan fingerprint density at radius 3 is 2.48 bits per heavy atom. The molecule has 0 aliphatic carbocycles. The van der Waals surface area contributed by atoms with Gasteiger partial charge in [0, 0.05) is 37.0 Å². The first kappa shape index (κ1) is 23.0. The highest BCUT2D eigenvalue weighted by Gasteiger charge is 2.20. The Morgan fingerprint density at radius 1 is 1.10 bits per heavy atom. The van der Waals surface area contributed by atoms with E-state index in [1.54, 1.807) is 18.4 Å². The molecule has 1 amide bonds. The minimum Gasteiger partial charge on any atom is -0.359 e. The largest absolute Gasteiger partial charge is 0.359 e. The number of hydrogen-bond acceptors (Lipinski definition) is 4. The van der Waals surface area contributed by atoms with Gasteiger partial charge in [-0.2, -0.15) is 0 Å². The highest BCUT2D eigenvalue weighted by molar-refractivity contribution is 7.16.